The quantitative estimate of drug-likeness (QED) is 0.0701. The minimum Gasteiger partial charge on any atom is -0.370 e. The molecule has 4 atom stereocenters. The van der Waals surface area contributed by atoms with Crippen molar-refractivity contribution in [3.63, 3.8) is 0 Å². The van der Waals surface area contributed by atoms with Gasteiger partial charge in [-0.05, 0) is 44.4 Å². The maximum Gasteiger partial charge on any atom is 0.243 e. The van der Waals surface area contributed by atoms with E-state index in [1.807, 2.05) is 27.7 Å². The van der Waals surface area contributed by atoms with Crippen LogP contribution in [0, 0.1) is 11.8 Å². The van der Waals surface area contributed by atoms with Crippen molar-refractivity contribution in [3.8, 4) is 0 Å². The molecule has 0 heterocycles. The molecular formula is C23H43N7O5. The number of aldehydes is 1. The first-order valence-corrected chi connectivity index (χ1v) is 12.0. The molecule has 0 saturated carbocycles. The van der Waals surface area contributed by atoms with Crippen molar-refractivity contribution in [2.45, 2.75) is 91.4 Å². The van der Waals surface area contributed by atoms with Gasteiger partial charge < -0.3 is 37.5 Å². The maximum absolute atomic E-state index is 12.9. The third-order valence-electron chi connectivity index (χ3n) is 4.95. The summed E-state index contributed by atoms with van der Waals surface area (Å²) in [4.78, 5) is 64.9. The van der Waals surface area contributed by atoms with Gasteiger partial charge in [-0.3, -0.25) is 24.2 Å². The number of hydrogen-bond donors (Lipinski definition) is 6. The smallest absolute Gasteiger partial charge is 0.243 e. The Hall–Kier alpha value is -3.18. The highest BCUT2D eigenvalue weighted by Crippen LogP contribution is 2.09. The highest BCUT2D eigenvalue weighted by atomic mass is 16.2. The number of carbonyl (C=O) groups excluding carboxylic acids is 5. The Balaban J connectivity index is 5.14. The zero-order valence-electron chi connectivity index (χ0n) is 21.7. The molecule has 0 fully saturated rings. The number of guanidine groups is 1. The van der Waals surface area contributed by atoms with E-state index in [1.54, 1.807) is 0 Å². The molecule has 8 N–H and O–H groups in total. The Morgan fingerprint density at radius 1 is 0.800 bits per heavy atom. The van der Waals surface area contributed by atoms with E-state index >= 15 is 0 Å². The third kappa shape index (κ3) is 14.6. The van der Waals surface area contributed by atoms with Gasteiger partial charge in [0.1, 0.15) is 24.4 Å². The predicted molar refractivity (Wildman–Crippen MR) is 134 cm³/mol. The fourth-order valence-corrected chi connectivity index (χ4v) is 3.30. The van der Waals surface area contributed by atoms with E-state index in [0.29, 0.717) is 38.5 Å². The maximum atomic E-state index is 12.9. The van der Waals surface area contributed by atoms with Crippen LogP contribution in [0.25, 0.3) is 0 Å². The van der Waals surface area contributed by atoms with Crippen LogP contribution in [0.2, 0.25) is 0 Å². The summed E-state index contributed by atoms with van der Waals surface area (Å²) >= 11 is 0. The summed E-state index contributed by atoms with van der Waals surface area (Å²) in [5.74, 6) is -1.71. The number of amides is 4. The number of hydrogen-bond acceptors (Lipinski definition) is 6. The molecule has 200 valence electrons. The van der Waals surface area contributed by atoms with E-state index in [0.717, 1.165) is 0 Å². The molecule has 0 aromatic carbocycles. The summed E-state index contributed by atoms with van der Waals surface area (Å²) in [6.45, 7) is 10.8. The van der Waals surface area contributed by atoms with E-state index < -0.39 is 41.9 Å². The van der Waals surface area contributed by atoms with Crippen molar-refractivity contribution in [1.82, 2.24) is 21.3 Å². The van der Waals surface area contributed by atoms with Crippen molar-refractivity contribution in [3.05, 3.63) is 0 Å². The fourth-order valence-electron chi connectivity index (χ4n) is 3.30. The van der Waals surface area contributed by atoms with Crippen molar-refractivity contribution >= 4 is 35.9 Å². The second-order valence-electron chi connectivity index (χ2n) is 9.50. The molecule has 0 saturated heterocycles. The first kappa shape index (κ1) is 31.8. The van der Waals surface area contributed by atoms with Crippen LogP contribution in [0.4, 0.5) is 0 Å². The van der Waals surface area contributed by atoms with Crippen LogP contribution < -0.4 is 32.7 Å². The van der Waals surface area contributed by atoms with Gasteiger partial charge in [-0.25, -0.2) is 0 Å². The molecule has 0 rings (SSSR count). The van der Waals surface area contributed by atoms with E-state index in [2.05, 4.69) is 26.3 Å². The number of carbonyl (C=O) groups is 5. The number of rotatable bonds is 16. The summed E-state index contributed by atoms with van der Waals surface area (Å²) in [7, 11) is 0. The SMILES string of the molecule is CC(=O)N[C@@H](CC(C)C)C(=O)N[C@@H](CC(C)C)C(=O)N[C@@H](C)C(=O)N[C@H](C=O)CCCN=C(N)N. The number of nitrogens with zero attached hydrogens (tertiary/aromatic N) is 1. The van der Waals surface area contributed by atoms with Crippen molar-refractivity contribution in [2.24, 2.45) is 28.3 Å². The standard InChI is InChI=1S/C23H43N7O5/c1-13(2)10-18(28-16(6)32)22(35)30-19(11-14(3)4)21(34)27-15(5)20(33)29-17(12-31)8-7-9-26-23(24)25/h12-15,17-19H,7-11H2,1-6H3,(H,27,34)(H,28,32)(H,29,33)(H,30,35)(H4,24,25,26)/t15-,17-,18-,19-/m0/s1. The topological polar surface area (TPSA) is 198 Å². The molecule has 0 aliphatic heterocycles. The van der Waals surface area contributed by atoms with Crippen LogP contribution in [0.1, 0.15) is 67.2 Å². The summed E-state index contributed by atoms with van der Waals surface area (Å²) in [5.41, 5.74) is 10.5. The minimum atomic E-state index is -0.948. The van der Waals surface area contributed by atoms with Gasteiger partial charge in [0.25, 0.3) is 0 Å². The lowest BCUT2D eigenvalue weighted by atomic mass is 10.00. The third-order valence-corrected chi connectivity index (χ3v) is 4.95. The van der Waals surface area contributed by atoms with E-state index in [1.165, 1.54) is 13.8 Å². The van der Waals surface area contributed by atoms with Crippen LogP contribution >= 0.6 is 0 Å². The van der Waals surface area contributed by atoms with Gasteiger partial charge >= 0.3 is 0 Å². The molecule has 0 aliphatic rings. The highest BCUT2D eigenvalue weighted by Gasteiger charge is 2.29. The first-order chi connectivity index (χ1) is 16.3. The Morgan fingerprint density at radius 2 is 1.31 bits per heavy atom. The average molecular weight is 498 g/mol. The molecule has 0 spiro atoms. The molecule has 0 radical (unpaired) electrons. The van der Waals surface area contributed by atoms with Crippen LogP contribution in [0.3, 0.4) is 0 Å². The highest BCUT2D eigenvalue weighted by molar-refractivity contribution is 5.94. The van der Waals surface area contributed by atoms with Gasteiger partial charge in [-0.2, -0.15) is 0 Å². The van der Waals surface area contributed by atoms with Crippen LogP contribution in [0.5, 0.6) is 0 Å². The molecule has 0 bridgehead atoms. The predicted octanol–water partition coefficient (Wildman–Crippen LogP) is -0.690. The Bertz CT molecular complexity index is 751. The van der Waals surface area contributed by atoms with Gasteiger partial charge in [0.2, 0.25) is 23.6 Å². The van der Waals surface area contributed by atoms with Gasteiger partial charge in [0.05, 0.1) is 6.04 Å². The summed E-state index contributed by atoms with van der Waals surface area (Å²) in [6.07, 6.45) is 2.18. The molecule has 0 unspecified atom stereocenters. The first-order valence-electron chi connectivity index (χ1n) is 12.0. The summed E-state index contributed by atoms with van der Waals surface area (Å²) < 4.78 is 0. The van der Waals surface area contributed by atoms with Gasteiger partial charge in [-0.1, -0.05) is 27.7 Å². The summed E-state index contributed by atoms with van der Waals surface area (Å²) in [6, 6.07) is -3.38. The monoisotopic (exact) mass is 497 g/mol. The lowest BCUT2D eigenvalue weighted by Gasteiger charge is -2.26. The largest absolute Gasteiger partial charge is 0.370 e. The lowest BCUT2D eigenvalue weighted by molar-refractivity contribution is -0.134. The molecular weight excluding hydrogens is 454 g/mol. The van der Waals surface area contributed by atoms with Crippen molar-refractivity contribution in [1.29, 1.82) is 0 Å². The molecule has 12 heteroatoms. The van der Waals surface area contributed by atoms with E-state index in [4.69, 9.17) is 11.5 Å². The van der Waals surface area contributed by atoms with Crippen molar-refractivity contribution < 1.29 is 24.0 Å². The number of aliphatic imine (C=N–C) groups is 1. The number of nitrogens with one attached hydrogen (secondary N) is 4. The van der Waals surface area contributed by atoms with Crippen LogP contribution in [-0.2, 0) is 24.0 Å². The average Bonchev–Trinajstić information content (AvgIpc) is 2.73. The van der Waals surface area contributed by atoms with Crippen LogP contribution in [-0.4, -0.2) is 66.6 Å². The lowest BCUT2D eigenvalue weighted by Crippen LogP contribution is -2.57. The van der Waals surface area contributed by atoms with Gasteiger partial charge in [-0.15, -0.1) is 0 Å². The normalized spacial score (nSPS) is 14.3. The molecule has 4 amide bonds. The Kier molecular flexibility index (Phi) is 15.0. The zero-order valence-corrected chi connectivity index (χ0v) is 21.7. The Morgan fingerprint density at radius 3 is 1.77 bits per heavy atom. The molecule has 12 nitrogen and oxygen atoms in total. The van der Waals surface area contributed by atoms with Crippen LogP contribution in [0.15, 0.2) is 4.99 Å². The van der Waals surface area contributed by atoms with Crippen molar-refractivity contribution in [2.75, 3.05) is 6.54 Å². The van der Waals surface area contributed by atoms with Gasteiger partial charge in [0.15, 0.2) is 5.96 Å². The Labute approximate surface area is 207 Å². The van der Waals surface area contributed by atoms with Gasteiger partial charge in [0, 0.05) is 13.5 Å². The molecule has 0 aromatic rings. The fraction of sp³-hybridized carbons (Fsp3) is 0.739. The number of nitrogens with two attached hydrogens (primary N) is 2. The molecule has 35 heavy (non-hydrogen) atoms. The summed E-state index contributed by atoms with van der Waals surface area (Å²) in [5, 5.41) is 10.5. The second kappa shape index (κ2) is 16.4. The molecule has 0 aliphatic carbocycles. The zero-order chi connectivity index (χ0) is 27.1. The molecule has 0 aromatic heterocycles. The van der Waals surface area contributed by atoms with E-state index in [9.17, 15) is 24.0 Å². The van der Waals surface area contributed by atoms with E-state index in [-0.39, 0.29) is 23.7 Å². The minimum absolute atomic E-state index is 0.0522. The second-order valence-corrected chi connectivity index (χ2v) is 9.50.